The monoisotopic (exact) mass is 398 g/mol. The summed E-state index contributed by atoms with van der Waals surface area (Å²) in [7, 11) is 1.45. The molecule has 9 heteroatoms. The number of carbonyl (C=O) groups is 1. The minimum atomic E-state index is -0.364. The van der Waals surface area contributed by atoms with Crippen LogP contribution in [0, 0.1) is 0 Å². The highest BCUT2D eigenvalue weighted by molar-refractivity contribution is 9.10. The zero-order valence-electron chi connectivity index (χ0n) is 12.5. The van der Waals surface area contributed by atoms with E-state index in [1.807, 2.05) is 6.92 Å². The van der Waals surface area contributed by atoms with Crippen molar-refractivity contribution in [3.8, 4) is 11.5 Å². The molecule has 7 nitrogen and oxygen atoms in total. The highest BCUT2D eigenvalue weighted by Crippen LogP contribution is 2.34. The second-order valence-corrected chi connectivity index (χ2v) is 6.32. The van der Waals surface area contributed by atoms with Crippen LogP contribution in [0.5, 0.6) is 11.5 Å². The number of nitrogens with zero attached hydrogens (tertiary/aromatic N) is 2. The van der Waals surface area contributed by atoms with Crippen LogP contribution in [0.2, 0.25) is 0 Å². The fraction of sp³-hybridized carbons (Fsp3) is 0.214. The van der Waals surface area contributed by atoms with Crippen molar-refractivity contribution in [3.05, 3.63) is 32.7 Å². The number of aromatic nitrogens is 1. The van der Waals surface area contributed by atoms with Gasteiger partial charge >= 0.3 is 0 Å². The van der Waals surface area contributed by atoms with E-state index in [-0.39, 0.29) is 11.7 Å². The van der Waals surface area contributed by atoms with Gasteiger partial charge in [0.15, 0.2) is 16.6 Å². The van der Waals surface area contributed by atoms with Gasteiger partial charge in [-0.1, -0.05) is 18.3 Å². The maximum Gasteiger partial charge on any atom is 0.283 e. The highest BCUT2D eigenvalue weighted by Gasteiger charge is 2.15. The van der Waals surface area contributed by atoms with Crippen molar-refractivity contribution >= 4 is 44.5 Å². The Hall–Kier alpha value is -2.13. The number of aromatic hydroxyl groups is 1. The Labute approximate surface area is 145 Å². The van der Waals surface area contributed by atoms with Crippen molar-refractivity contribution in [2.24, 2.45) is 5.10 Å². The van der Waals surface area contributed by atoms with Gasteiger partial charge in [0.2, 0.25) is 0 Å². The molecule has 0 radical (unpaired) electrons. The minimum Gasteiger partial charge on any atom is -0.503 e. The molecule has 0 unspecified atom stereocenters. The molecule has 0 aliphatic heterocycles. The summed E-state index contributed by atoms with van der Waals surface area (Å²) in [6.45, 7) is 1.90. The summed E-state index contributed by atoms with van der Waals surface area (Å²) in [5, 5.41) is 14.0. The van der Waals surface area contributed by atoms with Gasteiger partial charge in [-0.25, -0.2) is 10.4 Å². The molecule has 1 amide bonds. The molecule has 4 N–H and O–H groups in total. The minimum absolute atomic E-state index is 0.00130. The fourth-order valence-corrected chi connectivity index (χ4v) is 3.10. The van der Waals surface area contributed by atoms with E-state index in [2.05, 4.69) is 31.4 Å². The average molecular weight is 399 g/mol. The predicted octanol–water partition coefficient (Wildman–Crippen LogP) is 2.53. The van der Waals surface area contributed by atoms with Gasteiger partial charge in [-0.05, 0) is 40.0 Å². The number of ether oxygens (including phenoxy) is 1. The smallest absolute Gasteiger partial charge is 0.283 e. The maximum absolute atomic E-state index is 12.1. The number of aryl methyl sites for hydroxylation is 1. The first-order chi connectivity index (χ1) is 11.0. The number of hydrazone groups is 1. The fourth-order valence-electron chi connectivity index (χ4n) is 1.83. The number of amides is 1. The van der Waals surface area contributed by atoms with Gasteiger partial charge in [0, 0.05) is 0 Å². The largest absolute Gasteiger partial charge is 0.503 e. The van der Waals surface area contributed by atoms with Crippen LogP contribution in [0.4, 0.5) is 5.13 Å². The number of carbonyl (C=O) groups excluding carboxylic acids is 1. The molecule has 2 aromatic rings. The first kappa shape index (κ1) is 17.2. The van der Waals surface area contributed by atoms with Gasteiger partial charge < -0.3 is 15.6 Å². The molecular formula is C14H15BrN4O3S. The number of anilines is 1. The number of hydrogen-bond donors (Lipinski definition) is 3. The van der Waals surface area contributed by atoms with Crippen LogP contribution in [0.3, 0.4) is 0 Å². The summed E-state index contributed by atoms with van der Waals surface area (Å²) in [6, 6.07) is 3.24. The molecule has 0 saturated carbocycles. The number of nitrogens with one attached hydrogen (secondary N) is 1. The lowest BCUT2D eigenvalue weighted by Gasteiger charge is -2.06. The van der Waals surface area contributed by atoms with E-state index >= 15 is 0 Å². The van der Waals surface area contributed by atoms with Crippen LogP contribution in [0.25, 0.3) is 0 Å². The van der Waals surface area contributed by atoms with E-state index in [1.165, 1.54) is 13.3 Å². The van der Waals surface area contributed by atoms with Crippen LogP contribution in [-0.2, 0) is 6.42 Å². The lowest BCUT2D eigenvalue weighted by molar-refractivity contribution is 0.0958. The van der Waals surface area contributed by atoms with E-state index < -0.39 is 0 Å². The normalized spacial score (nSPS) is 10.9. The maximum atomic E-state index is 12.1. The van der Waals surface area contributed by atoms with E-state index in [4.69, 9.17) is 10.5 Å². The molecule has 0 spiro atoms. The molecule has 0 bridgehead atoms. The quantitative estimate of drug-likeness (QED) is 0.529. The zero-order valence-corrected chi connectivity index (χ0v) is 14.9. The summed E-state index contributed by atoms with van der Waals surface area (Å²) >= 11 is 4.34. The number of hydrogen-bond acceptors (Lipinski definition) is 7. The van der Waals surface area contributed by atoms with Crippen LogP contribution in [0.15, 0.2) is 21.7 Å². The molecule has 2 rings (SSSR count). The Bertz CT molecular complexity index is 761. The van der Waals surface area contributed by atoms with Gasteiger partial charge in [-0.2, -0.15) is 5.10 Å². The third kappa shape index (κ3) is 3.99. The highest BCUT2D eigenvalue weighted by atomic mass is 79.9. The van der Waals surface area contributed by atoms with Crippen molar-refractivity contribution in [3.63, 3.8) is 0 Å². The molecule has 1 aromatic carbocycles. The molecular weight excluding hydrogens is 384 g/mol. The molecule has 0 saturated heterocycles. The number of methoxy groups -OCH3 is 1. The number of benzene rings is 1. The number of thiazole rings is 1. The topological polar surface area (TPSA) is 110 Å². The molecule has 23 heavy (non-hydrogen) atoms. The third-order valence-corrected chi connectivity index (χ3v) is 4.44. The number of nitrogen functional groups attached to an aromatic ring is 1. The SMILES string of the molecule is CCc1nc(N)sc1C(=O)N/N=C/c1cc(Br)c(O)c(OC)c1. The first-order valence-corrected chi connectivity index (χ1v) is 8.22. The first-order valence-electron chi connectivity index (χ1n) is 6.61. The van der Waals surface area contributed by atoms with Crippen molar-refractivity contribution in [1.29, 1.82) is 0 Å². The summed E-state index contributed by atoms with van der Waals surface area (Å²) in [5.74, 6) is -0.0610. The molecule has 0 aliphatic carbocycles. The molecule has 0 fully saturated rings. The van der Waals surface area contributed by atoms with E-state index in [9.17, 15) is 9.90 Å². The van der Waals surface area contributed by atoms with Gasteiger partial charge in [-0.15, -0.1) is 0 Å². The summed E-state index contributed by atoms with van der Waals surface area (Å²) in [6.07, 6.45) is 2.06. The lowest BCUT2D eigenvalue weighted by Crippen LogP contribution is -2.17. The predicted molar refractivity (Wildman–Crippen MR) is 93.3 cm³/mol. The Morgan fingerprint density at radius 3 is 3.00 bits per heavy atom. The standard InChI is InChI=1S/C14H15BrN4O3S/c1-3-9-12(23-14(16)18-9)13(21)19-17-6-7-4-8(15)11(20)10(5-7)22-2/h4-6,20H,3H2,1-2H3,(H2,16,18)(H,19,21)/b17-6+. The lowest BCUT2D eigenvalue weighted by atomic mass is 10.2. The van der Waals surface area contributed by atoms with Crippen molar-refractivity contribution in [1.82, 2.24) is 10.4 Å². The Balaban J connectivity index is 2.12. The summed E-state index contributed by atoms with van der Waals surface area (Å²) in [4.78, 5) is 16.6. The van der Waals surface area contributed by atoms with E-state index in [0.29, 0.717) is 37.9 Å². The number of rotatable bonds is 5. The molecule has 0 atom stereocenters. The number of phenolic OH excluding ortho intramolecular Hbond substituents is 1. The van der Waals surface area contributed by atoms with Crippen LogP contribution >= 0.6 is 27.3 Å². The zero-order chi connectivity index (χ0) is 17.0. The van der Waals surface area contributed by atoms with Crippen molar-refractivity contribution < 1.29 is 14.6 Å². The molecule has 1 heterocycles. The Morgan fingerprint density at radius 1 is 1.61 bits per heavy atom. The molecule has 0 aliphatic rings. The van der Waals surface area contributed by atoms with E-state index in [0.717, 1.165) is 11.3 Å². The van der Waals surface area contributed by atoms with Crippen LogP contribution in [-0.4, -0.2) is 29.3 Å². The van der Waals surface area contributed by atoms with Crippen LogP contribution in [0.1, 0.15) is 27.9 Å². The van der Waals surface area contributed by atoms with Gasteiger partial charge in [0.1, 0.15) is 4.88 Å². The van der Waals surface area contributed by atoms with Gasteiger partial charge in [-0.3, -0.25) is 4.79 Å². The number of halogens is 1. The Kier molecular flexibility index (Phi) is 5.56. The Morgan fingerprint density at radius 2 is 2.35 bits per heavy atom. The molecule has 122 valence electrons. The van der Waals surface area contributed by atoms with Crippen molar-refractivity contribution in [2.45, 2.75) is 13.3 Å². The van der Waals surface area contributed by atoms with Gasteiger partial charge in [0.05, 0.1) is 23.5 Å². The van der Waals surface area contributed by atoms with Gasteiger partial charge in [0.25, 0.3) is 5.91 Å². The number of nitrogens with two attached hydrogens (primary N) is 1. The third-order valence-electron chi connectivity index (χ3n) is 2.91. The molecule has 1 aromatic heterocycles. The summed E-state index contributed by atoms with van der Waals surface area (Å²) in [5.41, 5.74) is 9.35. The van der Waals surface area contributed by atoms with Crippen molar-refractivity contribution in [2.75, 3.05) is 12.8 Å². The van der Waals surface area contributed by atoms with Crippen LogP contribution < -0.4 is 15.9 Å². The van der Waals surface area contributed by atoms with E-state index in [1.54, 1.807) is 12.1 Å². The second-order valence-electron chi connectivity index (χ2n) is 4.43. The second kappa shape index (κ2) is 7.42. The average Bonchev–Trinajstić information content (AvgIpc) is 2.91. The number of phenols is 1. The summed E-state index contributed by atoms with van der Waals surface area (Å²) < 4.78 is 5.51.